The van der Waals surface area contributed by atoms with E-state index >= 15 is 0 Å². The molecular weight excluding hydrogens is 318 g/mol. The summed E-state index contributed by atoms with van der Waals surface area (Å²) in [7, 11) is -2.41. The lowest BCUT2D eigenvalue weighted by molar-refractivity contribution is 0.0331. The molecule has 0 fully saturated rings. The number of hydrogen-bond acceptors (Lipinski definition) is 7. The first kappa shape index (κ1) is 18.0. The Morgan fingerprint density at radius 2 is 1.86 bits per heavy atom. The third-order valence-corrected chi connectivity index (χ3v) is 3.34. The van der Waals surface area contributed by atoms with E-state index in [0.29, 0.717) is 11.5 Å². The van der Waals surface area contributed by atoms with Crippen LogP contribution in [0.25, 0.3) is 0 Å². The molecule has 0 radical (unpaired) electrons. The molecule has 1 rings (SSSR count). The number of para-hydroxylation sites is 2. The molecule has 1 aromatic rings. The number of benzene rings is 1. The molecular formula is C12H17NO8S. The lowest BCUT2D eigenvalue weighted by atomic mass is 10.3. The lowest BCUT2D eigenvalue weighted by Gasteiger charge is -2.16. The maximum absolute atomic E-state index is 11.3. The first-order valence-electron chi connectivity index (χ1n) is 6.07. The van der Waals surface area contributed by atoms with Crippen LogP contribution in [0.4, 0.5) is 4.79 Å². The van der Waals surface area contributed by atoms with Gasteiger partial charge in [-0.3, -0.25) is 4.55 Å². The van der Waals surface area contributed by atoms with E-state index in [0.717, 1.165) is 7.05 Å². The zero-order valence-electron chi connectivity index (χ0n) is 12.0. The maximum Gasteiger partial charge on any atom is 0.425 e. The van der Waals surface area contributed by atoms with Crippen LogP contribution < -0.4 is 9.47 Å². The molecule has 0 aliphatic carbocycles. The van der Waals surface area contributed by atoms with Crippen LogP contribution in [0, 0.1) is 0 Å². The highest BCUT2D eigenvalue weighted by molar-refractivity contribution is 7.83. The molecule has 2 N–H and O–H groups in total. The number of ether oxygens (including phenoxy) is 3. The minimum absolute atomic E-state index is 0.000795. The Hall–Kier alpha value is -2.04. The van der Waals surface area contributed by atoms with Gasteiger partial charge in [-0.25, -0.2) is 4.79 Å². The first-order chi connectivity index (χ1) is 10.3. The zero-order valence-corrected chi connectivity index (χ0v) is 12.8. The molecule has 22 heavy (non-hydrogen) atoms. The highest BCUT2D eigenvalue weighted by Gasteiger charge is 2.22. The second-order valence-corrected chi connectivity index (χ2v) is 5.58. The number of hydrogen-bond donors (Lipinski definition) is 2. The second-order valence-electron chi connectivity index (χ2n) is 4.14. The molecule has 10 heteroatoms. The highest BCUT2D eigenvalue weighted by atomic mass is 32.2. The van der Waals surface area contributed by atoms with Gasteiger partial charge < -0.3 is 19.3 Å². The number of aliphatic hydroxyl groups is 1. The van der Waals surface area contributed by atoms with Crippen LogP contribution in [0.1, 0.15) is 0 Å². The Morgan fingerprint density at radius 1 is 1.27 bits per heavy atom. The molecule has 0 heterocycles. The third-order valence-electron chi connectivity index (χ3n) is 2.50. The van der Waals surface area contributed by atoms with Crippen molar-refractivity contribution < 1.29 is 37.1 Å². The lowest BCUT2D eigenvalue weighted by Crippen LogP contribution is -2.35. The normalized spacial score (nSPS) is 12.4. The second kappa shape index (κ2) is 7.82. The molecule has 0 aliphatic heterocycles. The smallest absolute Gasteiger partial charge is 0.425 e. The fourth-order valence-corrected chi connectivity index (χ4v) is 1.57. The number of methoxy groups -OCH3 is 1. The molecule has 0 saturated heterocycles. The SMILES string of the molecule is COc1ccccc1OCC(O)COC(=O)N(C)S(=O)(=O)O. The van der Waals surface area contributed by atoms with Crippen molar-refractivity contribution in [3.05, 3.63) is 24.3 Å². The summed E-state index contributed by atoms with van der Waals surface area (Å²) < 4.78 is 44.9. The summed E-state index contributed by atoms with van der Waals surface area (Å²) in [5, 5.41) is 9.63. The summed E-state index contributed by atoms with van der Waals surface area (Å²) in [6, 6.07) is 6.76. The van der Waals surface area contributed by atoms with Crippen LogP contribution in [0.3, 0.4) is 0 Å². The Morgan fingerprint density at radius 3 is 2.41 bits per heavy atom. The fraction of sp³-hybridized carbons (Fsp3) is 0.417. The van der Waals surface area contributed by atoms with Crippen LogP contribution in [0.5, 0.6) is 11.5 Å². The predicted octanol–water partition coefficient (Wildman–Crippen LogP) is 0.306. The number of amides is 1. The maximum atomic E-state index is 11.3. The summed E-state index contributed by atoms with van der Waals surface area (Å²) in [5.74, 6) is 0.864. The van der Waals surface area contributed by atoms with Crippen molar-refractivity contribution in [2.75, 3.05) is 27.4 Å². The monoisotopic (exact) mass is 335 g/mol. The van der Waals surface area contributed by atoms with Gasteiger partial charge in [-0.15, -0.1) is 0 Å². The van der Waals surface area contributed by atoms with E-state index in [1.165, 1.54) is 7.11 Å². The topological polar surface area (TPSA) is 123 Å². The van der Waals surface area contributed by atoms with E-state index in [2.05, 4.69) is 4.74 Å². The van der Waals surface area contributed by atoms with Crippen molar-refractivity contribution in [1.82, 2.24) is 4.31 Å². The van der Waals surface area contributed by atoms with Crippen molar-refractivity contribution in [3.63, 3.8) is 0 Å². The van der Waals surface area contributed by atoms with Gasteiger partial charge in [0.05, 0.1) is 7.11 Å². The van der Waals surface area contributed by atoms with Gasteiger partial charge in [-0.05, 0) is 12.1 Å². The van der Waals surface area contributed by atoms with Crippen molar-refractivity contribution >= 4 is 16.4 Å². The van der Waals surface area contributed by atoms with E-state index in [1.807, 2.05) is 0 Å². The number of carbonyl (C=O) groups excluding carboxylic acids is 1. The summed E-state index contributed by atoms with van der Waals surface area (Å²) >= 11 is 0. The van der Waals surface area contributed by atoms with Gasteiger partial charge in [0.25, 0.3) is 0 Å². The minimum atomic E-state index is -4.68. The zero-order chi connectivity index (χ0) is 16.8. The standard InChI is InChI=1S/C12H17NO8S/c1-13(22(16,17)18)12(15)21-8-9(14)7-20-11-6-4-3-5-10(11)19-2/h3-6,9,14H,7-8H2,1-2H3,(H,16,17,18). The summed E-state index contributed by atoms with van der Waals surface area (Å²) in [6.45, 7) is -0.711. The summed E-state index contributed by atoms with van der Waals surface area (Å²) in [6.07, 6.45) is -2.51. The van der Waals surface area contributed by atoms with Gasteiger partial charge in [-0.2, -0.15) is 12.7 Å². The molecule has 1 atom stereocenters. The molecule has 9 nitrogen and oxygen atoms in total. The van der Waals surface area contributed by atoms with Crippen LogP contribution >= 0.6 is 0 Å². The van der Waals surface area contributed by atoms with Gasteiger partial charge in [-0.1, -0.05) is 12.1 Å². The number of rotatable bonds is 7. The Kier molecular flexibility index (Phi) is 6.40. The minimum Gasteiger partial charge on any atom is -0.493 e. The molecule has 0 aliphatic rings. The predicted molar refractivity (Wildman–Crippen MR) is 75.2 cm³/mol. The van der Waals surface area contributed by atoms with E-state index in [9.17, 15) is 18.3 Å². The van der Waals surface area contributed by atoms with E-state index in [4.69, 9.17) is 14.0 Å². The molecule has 0 aromatic heterocycles. The average molecular weight is 335 g/mol. The van der Waals surface area contributed by atoms with E-state index < -0.39 is 29.1 Å². The summed E-state index contributed by atoms with van der Waals surface area (Å²) in [4.78, 5) is 11.3. The number of carbonyl (C=O) groups is 1. The molecule has 0 saturated carbocycles. The molecule has 0 bridgehead atoms. The van der Waals surface area contributed by atoms with Gasteiger partial charge in [0, 0.05) is 7.05 Å². The fourth-order valence-electron chi connectivity index (χ4n) is 1.32. The van der Waals surface area contributed by atoms with Gasteiger partial charge >= 0.3 is 16.4 Å². The largest absolute Gasteiger partial charge is 0.493 e. The molecule has 0 spiro atoms. The highest BCUT2D eigenvalue weighted by Crippen LogP contribution is 2.25. The quantitative estimate of drug-likeness (QED) is 0.682. The molecule has 1 amide bonds. The molecule has 1 aromatic carbocycles. The Bertz CT molecular complexity index is 603. The molecule has 1 unspecified atom stereocenters. The average Bonchev–Trinajstić information content (AvgIpc) is 2.49. The van der Waals surface area contributed by atoms with Gasteiger partial charge in [0.2, 0.25) is 0 Å². The van der Waals surface area contributed by atoms with Crippen molar-refractivity contribution in [3.8, 4) is 11.5 Å². The van der Waals surface area contributed by atoms with Crippen molar-refractivity contribution in [2.45, 2.75) is 6.10 Å². The van der Waals surface area contributed by atoms with Gasteiger partial charge in [0.1, 0.15) is 19.3 Å². The Labute approximate surface area is 127 Å². The number of nitrogens with zero attached hydrogens (tertiary/aromatic N) is 1. The summed E-state index contributed by atoms with van der Waals surface area (Å²) in [5.41, 5.74) is 0. The van der Waals surface area contributed by atoms with Gasteiger partial charge in [0.15, 0.2) is 11.5 Å². The van der Waals surface area contributed by atoms with E-state index in [1.54, 1.807) is 24.3 Å². The van der Waals surface area contributed by atoms with Crippen LogP contribution in [0.15, 0.2) is 24.3 Å². The van der Waals surface area contributed by atoms with Crippen molar-refractivity contribution in [2.24, 2.45) is 0 Å². The van der Waals surface area contributed by atoms with E-state index in [-0.39, 0.29) is 10.9 Å². The Balaban J connectivity index is 2.44. The first-order valence-corrected chi connectivity index (χ1v) is 7.47. The van der Waals surface area contributed by atoms with Crippen molar-refractivity contribution in [1.29, 1.82) is 0 Å². The molecule has 124 valence electrons. The number of aliphatic hydroxyl groups excluding tert-OH is 1. The van der Waals surface area contributed by atoms with Crippen LogP contribution in [0.2, 0.25) is 0 Å². The van der Waals surface area contributed by atoms with Crippen LogP contribution in [-0.4, -0.2) is 62.0 Å². The third kappa shape index (κ3) is 5.39. The van der Waals surface area contributed by atoms with Crippen LogP contribution in [-0.2, 0) is 15.0 Å².